The number of hydrazone groups is 1. The first-order chi connectivity index (χ1) is 12.7. The van der Waals surface area contributed by atoms with Crippen LogP contribution >= 0.6 is 0 Å². The highest BCUT2D eigenvalue weighted by Gasteiger charge is 2.35. The molecular formula is C17H20F4N6. The van der Waals surface area contributed by atoms with Gasteiger partial charge < -0.3 is 0 Å². The summed E-state index contributed by atoms with van der Waals surface area (Å²) in [5.74, 6) is -1.70. The molecular weight excluding hydrogens is 364 g/mol. The maximum absolute atomic E-state index is 14.6. The van der Waals surface area contributed by atoms with E-state index in [9.17, 15) is 17.6 Å². The number of hydrogen-bond acceptors (Lipinski definition) is 5. The molecule has 0 N–H and O–H groups in total. The van der Waals surface area contributed by atoms with Gasteiger partial charge in [-0.2, -0.15) is 18.3 Å². The van der Waals surface area contributed by atoms with E-state index in [1.807, 2.05) is 0 Å². The summed E-state index contributed by atoms with van der Waals surface area (Å²) < 4.78 is 54.6. The van der Waals surface area contributed by atoms with E-state index in [1.165, 1.54) is 16.8 Å². The van der Waals surface area contributed by atoms with Gasteiger partial charge in [-0.05, 0) is 25.5 Å². The second-order valence-corrected chi connectivity index (χ2v) is 6.74. The van der Waals surface area contributed by atoms with Crippen molar-refractivity contribution < 1.29 is 17.6 Å². The Morgan fingerprint density at radius 2 is 2.00 bits per heavy atom. The Balaban J connectivity index is 2.00. The van der Waals surface area contributed by atoms with Crippen LogP contribution < -0.4 is 0 Å². The summed E-state index contributed by atoms with van der Waals surface area (Å²) in [6, 6.07) is 2.72. The molecule has 3 rings (SSSR count). The van der Waals surface area contributed by atoms with E-state index in [-0.39, 0.29) is 18.0 Å². The maximum Gasteiger partial charge on any atom is 0.389 e. The molecule has 0 bridgehead atoms. The molecule has 27 heavy (non-hydrogen) atoms. The fraction of sp³-hybridized carbons (Fsp3) is 0.529. The molecule has 0 radical (unpaired) electrons. The van der Waals surface area contributed by atoms with Crippen LogP contribution in [0.5, 0.6) is 0 Å². The number of rotatable bonds is 5. The van der Waals surface area contributed by atoms with E-state index in [0.717, 1.165) is 0 Å². The van der Waals surface area contributed by atoms with Crippen molar-refractivity contribution in [2.24, 2.45) is 18.1 Å². The van der Waals surface area contributed by atoms with Crippen LogP contribution in [0.25, 0.3) is 11.4 Å². The molecule has 0 saturated carbocycles. The van der Waals surface area contributed by atoms with E-state index in [4.69, 9.17) is 0 Å². The van der Waals surface area contributed by atoms with Gasteiger partial charge in [0.25, 0.3) is 0 Å². The lowest BCUT2D eigenvalue weighted by Crippen LogP contribution is -2.24. The fourth-order valence-corrected chi connectivity index (χ4v) is 3.36. The van der Waals surface area contributed by atoms with Crippen LogP contribution in [0, 0.1) is 18.7 Å². The summed E-state index contributed by atoms with van der Waals surface area (Å²) >= 11 is 0. The fourth-order valence-electron chi connectivity index (χ4n) is 3.36. The Morgan fingerprint density at radius 1 is 1.26 bits per heavy atom. The molecule has 0 amide bonds. The summed E-state index contributed by atoms with van der Waals surface area (Å²) in [5.41, 5.74) is 1.65. The highest BCUT2D eigenvalue weighted by molar-refractivity contribution is 5.64. The molecule has 2 aromatic rings. The molecule has 0 aromatic carbocycles. The molecule has 0 aliphatic carbocycles. The van der Waals surface area contributed by atoms with Crippen molar-refractivity contribution in [1.82, 2.24) is 25.0 Å². The molecule has 0 saturated heterocycles. The Kier molecular flexibility index (Phi) is 5.16. The molecule has 2 aromatic heterocycles. The topological polar surface area (TPSA) is 59.2 Å². The average molecular weight is 384 g/mol. The van der Waals surface area contributed by atoms with Crippen molar-refractivity contribution >= 4 is 6.21 Å². The first-order valence-corrected chi connectivity index (χ1v) is 8.51. The SMILES string of the molecule is Cc1nnn(C)c1-c1ccc(F)c(C(CCC(F)(F)F)C2C=NN(C)C2)n1. The van der Waals surface area contributed by atoms with Crippen LogP contribution in [0.2, 0.25) is 0 Å². The lowest BCUT2D eigenvalue weighted by Gasteiger charge is -2.23. The summed E-state index contributed by atoms with van der Waals surface area (Å²) in [6.45, 7) is 2.16. The third kappa shape index (κ3) is 4.25. The zero-order valence-corrected chi connectivity index (χ0v) is 15.2. The van der Waals surface area contributed by atoms with Crippen molar-refractivity contribution in [1.29, 1.82) is 0 Å². The number of pyridine rings is 1. The Hall–Kier alpha value is -2.52. The summed E-state index contributed by atoms with van der Waals surface area (Å²) in [4.78, 5) is 4.38. The third-order valence-corrected chi connectivity index (χ3v) is 4.65. The lowest BCUT2D eigenvalue weighted by molar-refractivity contribution is -0.136. The van der Waals surface area contributed by atoms with Gasteiger partial charge in [0.1, 0.15) is 11.5 Å². The predicted molar refractivity (Wildman–Crippen MR) is 91.6 cm³/mol. The van der Waals surface area contributed by atoms with E-state index < -0.39 is 24.3 Å². The van der Waals surface area contributed by atoms with Crippen molar-refractivity contribution in [2.75, 3.05) is 13.6 Å². The molecule has 3 heterocycles. The number of alkyl halides is 3. The predicted octanol–water partition coefficient (Wildman–Crippen LogP) is 3.30. The average Bonchev–Trinajstić information content (AvgIpc) is 3.14. The van der Waals surface area contributed by atoms with Crippen LogP contribution in [0.3, 0.4) is 0 Å². The molecule has 0 spiro atoms. The molecule has 2 atom stereocenters. The molecule has 10 heteroatoms. The van der Waals surface area contributed by atoms with Crippen LogP contribution in [0.4, 0.5) is 17.6 Å². The largest absolute Gasteiger partial charge is 0.389 e. The first-order valence-electron chi connectivity index (χ1n) is 8.51. The molecule has 0 fully saturated rings. The minimum absolute atomic E-state index is 0.0177. The number of halogens is 4. The second-order valence-electron chi connectivity index (χ2n) is 6.74. The minimum Gasteiger partial charge on any atom is -0.300 e. The smallest absolute Gasteiger partial charge is 0.300 e. The summed E-state index contributed by atoms with van der Waals surface area (Å²) in [7, 11) is 3.40. The van der Waals surface area contributed by atoms with Gasteiger partial charge in [-0.15, -0.1) is 5.10 Å². The van der Waals surface area contributed by atoms with Gasteiger partial charge in [0.2, 0.25) is 0 Å². The molecule has 1 aliphatic rings. The normalized spacial score (nSPS) is 18.3. The first kappa shape index (κ1) is 19.2. The van der Waals surface area contributed by atoms with Crippen LogP contribution in [-0.2, 0) is 7.05 Å². The zero-order chi connectivity index (χ0) is 19.8. The summed E-state index contributed by atoms with van der Waals surface area (Å²) in [5, 5.41) is 13.6. The Bertz CT molecular complexity index is 825. The summed E-state index contributed by atoms with van der Waals surface area (Å²) in [6.07, 6.45) is -4.02. The standard InChI is InChI=1S/C17H20F4N6/c1-10-16(27(3)25-24-10)14-5-4-13(18)15(23-14)12(6-7-17(19,20)21)11-8-22-26(2)9-11/h4-5,8,11-12H,6-7,9H2,1-3H3. The van der Waals surface area contributed by atoms with Crippen molar-refractivity contribution in [3.05, 3.63) is 29.3 Å². The van der Waals surface area contributed by atoms with Crippen molar-refractivity contribution in [3.8, 4) is 11.4 Å². The van der Waals surface area contributed by atoms with Crippen LogP contribution in [-0.4, -0.2) is 51.0 Å². The quantitative estimate of drug-likeness (QED) is 0.743. The molecule has 6 nitrogen and oxygen atoms in total. The number of aromatic nitrogens is 4. The van der Waals surface area contributed by atoms with Gasteiger partial charge in [0, 0.05) is 45.1 Å². The second kappa shape index (κ2) is 7.24. The Labute approximate surface area is 153 Å². The molecule has 1 aliphatic heterocycles. The van der Waals surface area contributed by atoms with Crippen LogP contribution in [0.1, 0.15) is 30.1 Å². The minimum atomic E-state index is -4.32. The number of aryl methyl sites for hydroxylation is 2. The maximum atomic E-state index is 14.6. The molecule has 146 valence electrons. The number of hydrogen-bond donors (Lipinski definition) is 0. The number of nitrogens with zero attached hydrogens (tertiary/aromatic N) is 6. The lowest BCUT2D eigenvalue weighted by atomic mass is 9.85. The van der Waals surface area contributed by atoms with E-state index in [1.54, 1.807) is 32.2 Å². The van der Waals surface area contributed by atoms with Crippen molar-refractivity contribution in [3.63, 3.8) is 0 Å². The van der Waals surface area contributed by atoms with Gasteiger partial charge in [-0.25, -0.2) is 14.1 Å². The van der Waals surface area contributed by atoms with Crippen LogP contribution in [0.15, 0.2) is 17.2 Å². The van der Waals surface area contributed by atoms with Gasteiger partial charge in [-0.1, -0.05) is 5.21 Å². The van der Waals surface area contributed by atoms with Gasteiger partial charge in [-0.3, -0.25) is 5.01 Å². The van der Waals surface area contributed by atoms with E-state index in [2.05, 4.69) is 20.4 Å². The highest BCUT2D eigenvalue weighted by atomic mass is 19.4. The van der Waals surface area contributed by atoms with E-state index in [0.29, 0.717) is 23.6 Å². The third-order valence-electron chi connectivity index (χ3n) is 4.65. The van der Waals surface area contributed by atoms with Gasteiger partial charge >= 0.3 is 6.18 Å². The van der Waals surface area contributed by atoms with Crippen molar-refractivity contribution in [2.45, 2.75) is 31.9 Å². The Morgan fingerprint density at radius 3 is 2.56 bits per heavy atom. The monoisotopic (exact) mass is 384 g/mol. The highest BCUT2D eigenvalue weighted by Crippen LogP contribution is 2.36. The zero-order valence-electron chi connectivity index (χ0n) is 15.2. The van der Waals surface area contributed by atoms with Gasteiger partial charge in [0.05, 0.1) is 17.1 Å². The van der Waals surface area contributed by atoms with Gasteiger partial charge in [0.15, 0.2) is 0 Å². The molecule has 2 unspecified atom stereocenters. The van der Waals surface area contributed by atoms with E-state index >= 15 is 0 Å².